The Balaban J connectivity index is -0.0000000667. The Labute approximate surface area is 98.9 Å². The maximum atomic E-state index is 9.00. The molecule has 0 amide bonds. The molecule has 0 unspecified atom stereocenters. The zero-order valence-corrected chi connectivity index (χ0v) is 10.9. The second-order valence-electron chi connectivity index (χ2n) is 2.53. The quantitative estimate of drug-likeness (QED) is 0.297. The number of hydrogen-bond acceptors (Lipinski definition) is 6. The van der Waals surface area contributed by atoms with Gasteiger partial charge in [-0.3, -0.25) is 14.4 Å². The fourth-order valence-electron chi connectivity index (χ4n) is 0. The van der Waals surface area contributed by atoms with E-state index in [1.807, 2.05) is 0 Å². The van der Waals surface area contributed by atoms with Crippen molar-refractivity contribution >= 4 is 26.7 Å². The van der Waals surface area contributed by atoms with Gasteiger partial charge in [0.05, 0.1) is 0 Å². The first-order valence-electron chi connectivity index (χ1n) is 3.95. The lowest BCUT2D eigenvalue weighted by Crippen LogP contribution is -2.28. The molecule has 0 heterocycles. The van der Waals surface area contributed by atoms with Gasteiger partial charge in [0.1, 0.15) is 0 Å². The molecule has 9 nitrogen and oxygen atoms in total. The molecule has 0 aromatic heterocycles. The van der Waals surface area contributed by atoms with Gasteiger partial charge >= 0.3 is 8.80 Å². The molecule has 17 heavy (non-hydrogen) atoms. The average Bonchev–Trinajstić information content (AvgIpc) is 1.73. The third-order valence-electron chi connectivity index (χ3n) is 0. The Kier molecular flexibility index (Phi) is 21.0. The molecule has 0 aromatic carbocycles. The number of hydrogen-bond donors (Lipinski definition) is 6. The number of carboxylic acid groups (broad SMARTS) is 3. The molecule has 0 fully saturated rings. The molecule has 0 bridgehead atoms. The summed E-state index contributed by atoms with van der Waals surface area (Å²) >= 11 is 0. The van der Waals surface area contributed by atoms with Crippen molar-refractivity contribution in [2.45, 2.75) is 27.3 Å². The van der Waals surface area contributed by atoms with Gasteiger partial charge in [-0.05, 0) is 0 Å². The highest BCUT2D eigenvalue weighted by atomic mass is 28.4. The van der Waals surface area contributed by atoms with Gasteiger partial charge in [-0.15, -0.1) is 0 Å². The summed E-state index contributed by atoms with van der Waals surface area (Å²) in [4.78, 5) is 50.3. The Hall–Kier alpha value is -1.49. The Morgan fingerprint density at radius 1 is 0.706 bits per heavy atom. The van der Waals surface area contributed by atoms with Crippen molar-refractivity contribution in [1.82, 2.24) is 0 Å². The third kappa shape index (κ3) is 1020. The van der Waals surface area contributed by atoms with Crippen LogP contribution < -0.4 is 0 Å². The molecule has 0 rings (SSSR count). The zero-order valence-electron chi connectivity index (χ0n) is 9.91. The fourth-order valence-corrected chi connectivity index (χ4v) is 0. The van der Waals surface area contributed by atoms with Crippen molar-refractivity contribution in [3.63, 3.8) is 0 Å². The van der Waals surface area contributed by atoms with Crippen LogP contribution in [0.2, 0.25) is 6.55 Å². The molecule has 6 N–H and O–H groups in total. The molecule has 0 atom stereocenters. The Morgan fingerprint density at radius 2 is 0.706 bits per heavy atom. The van der Waals surface area contributed by atoms with Crippen LogP contribution in [0.4, 0.5) is 0 Å². The molecule has 10 heteroatoms. The SMILES string of the molecule is CC(=O)O.CC(=O)O.CC(=O)O.C[Si](O)(O)O. The summed E-state index contributed by atoms with van der Waals surface area (Å²) in [7, 11) is -3.61. The molecule has 0 aromatic rings. The summed E-state index contributed by atoms with van der Waals surface area (Å²) in [5, 5.41) is 22.2. The van der Waals surface area contributed by atoms with Gasteiger partial charge in [-0.25, -0.2) is 0 Å². The van der Waals surface area contributed by atoms with Crippen LogP contribution in [0.1, 0.15) is 20.8 Å². The van der Waals surface area contributed by atoms with E-state index in [1.165, 1.54) is 0 Å². The van der Waals surface area contributed by atoms with Crippen LogP contribution in [0.5, 0.6) is 0 Å². The van der Waals surface area contributed by atoms with Crippen LogP contribution in [0.15, 0.2) is 0 Å². The van der Waals surface area contributed by atoms with Gasteiger partial charge in [-0.2, -0.15) is 0 Å². The van der Waals surface area contributed by atoms with Crippen molar-refractivity contribution in [2.75, 3.05) is 0 Å². The van der Waals surface area contributed by atoms with Crippen molar-refractivity contribution in [3.05, 3.63) is 0 Å². The van der Waals surface area contributed by atoms with Crippen LogP contribution in [-0.4, -0.2) is 56.4 Å². The summed E-state index contributed by atoms with van der Waals surface area (Å²) in [6, 6.07) is 0. The molecular formula is C7H18O9Si. The number of aliphatic carboxylic acids is 3. The molecule has 104 valence electrons. The first kappa shape index (κ1) is 24.6. The van der Waals surface area contributed by atoms with Crippen LogP contribution in [-0.2, 0) is 14.4 Å². The molecule has 0 aliphatic heterocycles. The summed E-state index contributed by atoms with van der Waals surface area (Å²) < 4.78 is 0. The number of carbonyl (C=O) groups is 3. The lowest BCUT2D eigenvalue weighted by Gasteiger charge is -1.95. The molecule has 0 spiro atoms. The van der Waals surface area contributed by atoms with Crippen molar-refractivity contribution in [2.24, 2.45) is 0 Å². The lowest BCUT2D eigenvalue weighted by molar-refractivity contribution is -0.135. The monoisotopic (exact) mass is 274 g/mol. The molecular weight excluding hydrogens is 256 g/mol. The normalized spacial score (nSPS) is 7.94. The topological polar surface area (TPSA) is 173 Å². The number of carboxylic acids is 3. The summed E-state index contributed by atoms with van der Waals surface area (Å²) in [6.07, 6.45) is 0. The molecule has 0 aliphatic rings. The van der Waals surface area contributed by atoms with E-state index in [0.717, 1.165) is 27.3 Å². The minimum atomic E-state index is -3.61. The second kappa shape index (κ2) is 14.5. The summed E-state index contributed by atoms with van der Waals surface area (Å²) in [5.74, 6) is -2.50. The maximum absolute atomic E-state index is 9.00. The highest BCUT2D eigenvalue weighted by Gasteiger charge is 2.14. The van der Waals surface area contributed by atoms with E-state index in [9.17, 15) is 0 Å². The van der Waals surface area contributed by atoms with Crippen LogP contribution in [0.3, 0.4) is 0 Å². The Morgan fingerprint density at radius 3 is 0.706 bits per heavy atom. The van der Waals surface area contributed by atoms with Crippen molar-refractivity contribution < 1.29 is 44.1 Å². The van der Waals surface area contributed by atoms with Crippen molar-refractivity contribution in [3.8, 4) is 0 Å². The summed E-state index contributed by atoms with van der Waals surface area (Å²) in [5.41, 5.74) is 0. The standard InChI is InChI=1S/3C2H4O2.CH6O3Si/c3*1-2(3)4;1-5(2,3)4/h3*1H3,(H,3,4);2-4H,1H3. The largest absolute Gasteiger partial charge is 0.489 e. The van der Waals surface area contributed by atoms with Crippen LogP contribution in [0, 0.1) is 0 Å². The summed E-state index contributed by atoms with van der Waals surface area (Å²) in [6.45, 7) is 4.24. The third-order valence-corrected chi connectivity index (χ3v) is 0. The molecule has 0 saturated carbocycles. The molecule has 0 saturated heterocycles. The van der Waals surface area contributed by atoms with E-state index in [2.05, 4.69) is 0 Å². The molecule has 0 aliphatic carbocycles. The van der Waals surface area contributed by atoms with E-state index in [1.54, 1.807) is 0 Å². The lowest BCUT2D eigenvalue weighted by atomic mass is 10.9. The van der Waals surface area contributed by atoms with Gasteiger partial charge in [0, 0.05) is 27.3 Å². The minimum absolute atomic E-state index is 0.833. The van der Waals surface area contributed by atoms with Gasteiger partial charge in [0.2, 0.25) is 0 Å². The Bertz CT molecular complexity index is 173. The highest BCUT2D eigenvalue weighted by molar-refractivity contribution is 6.54. The first-order valence-corrected chi connectivity index (χ1v) is 6.30. The van der Waals surface area contributed by atoms with E-state index in [4.69, 9.17) is 44.1 Å². The van der Waals surface area contributed by atoms with Gasteiger partial charge in [0.15, 0.2) is 0 Å². The van der Waals surface area contributed by atoms with Crippen LogP contribution >= 0.6 is 0 Å². The predicted octanol–water partition coefficient (Wildman–Crippen LogP) is -1.20. The first-order chi connectivity index (χ1) is 7.20. The minimum Gasteiger partial charge on any atom is -0.481 e. The van der Waals surface area contributed by atoms with E-state index >= 15 is 0 Å². The van der Waals surface area contributed by atoms with E-state index in [0.29, 0.717) is 0 Å². The fraction of sp³-hybridized carbons (Fsp3) is 0.571. The maximum Gasteiger partial charge on any atom is 0.489 e. The smallest absolute Gasteiger partial charge is 0.481 e. The van der Waals surface area contributed by atoms with E-state index in [-0.39, 0.29) is 0 Å². The van der Waals surface area contributed by atoms with Gasteiger partial charge in [-0.1, -0.05) is 0 Å². The predicted molar refractivity (Wildman–Crippen MR) is 58.2 cm³/mol. The average molecular weight is 274 g/mol. The zero-order chi connectivity index (χ0) is 15.2. The number of rotatable bonds is 0. The van der Waals surface area contributed by atoms with Gasteiger partial charge in [0.25, 0.3) is 17.9 Å². The molecule has 0 radical (unpaired) electrons. The van der Waals surface area contributed by atoms with Crippen LogP contribution in [0.25, 0.3) is 0 Å². The highest BCUT2D eigenvalue weighted by Crippen LogP contribution is 1.75. The van der Waals surface area contributed by atoms with Crippen molar-refractivity contribution in [1.29, 1.82) is 0 Å². The van der Waals surface area contributed by atoms with E-state index < -0.39 is 26.7 Å². The second-order valence-corrected chi connectivity index (χ2v) is 4.47. The van der Waals surface area contributed by atoms with Gasteiger partial charge < -0.3 is 29.7 Å².